The van der Waals surface area contributed by atoms with E-state index in [-0.39, 0.29) is 11.9 Å². The Morgan fingerprint density at radius 1 is 1.56 bits per heavy atom. The second-order valence-corrected chi connectivity index (χ2v) is 4.53. The predicted molar refractivity (Wildman–Crippen MR) is 68.5 cm³/mol. The third-order valence-electron chi connectivity index (χ3n) is 2.39. The number of methoxy groups -OCH3 is 1. The van der Waals surface area contributed by atoms with Gasteiger partial charge in [0, 0.05) is 16.7 Å². The molecule has 0 aliphatic heterocycles. The first-order chi connectivity index (χ1) is 7.56. The van der Waals surface area contributed by atoms with Gasteiger partial charge in [-0.3, -0.25) is 4.79 Å². The summed E-state index contributed by atoms with van der Waals surface area (Å²) >= 11 is 3.51. The summed E-state index contributed by atoms with van der Waals surface area (Å²) in [6.45, 7) is 4.43. The summed E-state index contributed by atoms with van der Waals surface area (Å²) in [4.78, 5) is 11.2. The molecular formula is C12H16BrNO2. The van der Waals surface area contributed by atoms with Crippen LogP contribution in [-0.2, 0) is 9.53 Å². The maximum atomic E-state index is 11.2. The summed E-state index contributed by atoms with van der Waals surface area (Å²) in [7, 11) is 1.40. The molecule has 4 heteroatoms. The number of anilines is 1. The van der Waals surface area contributed by atoms with Gasteiger partial charge in [-0.2, -0.15) is 0 Å². The zero-order valence-corrected chi connectivity index (χ0v) is 11.3. The number of hydrogen-bond acceptors (Lipinski definition) is 3. The van der Waals surface area contributed by atoms with Crippen molar-refractivity contribution in [2.75, 3.05) is 19.0 Å². The Morgan fingerprint density at radius 3 is 2.88 bits per heavy atom. The van der Waals surface area contributed by atoms with Gasteiger partial charge in [-0.15, -0.1) is 0 Å². The third-order valence-corrected chi connectivity index (χ3v) is 3.45. The number of aryl methyl sites for hydroxylation is 1. The SMILES string of the molecule is COC(=O)C(C)CNc1cccc(C)c1Br. The molecule has 0 saturated heterocycles. The zero-order chi connectivity index (χ0) is 12.1. The number of rotatable bonds is 4. The van der Waals surface area contributed by atoms with Crippen LogP contribution < -0.4 is 5.32 Å². The first-order valence-electron chi connectivity index (χ1n) is 5.13. The molecule has 0 aliphatic rings. The first-order valence-corrected chi connectivity index (χ1v) is 5.92. The third kappa shape index (κ3) is 3.23. The minimum atomic E-state index is -0.198. The van der Waals surface area contributed by atoms with E-state index in [0.29, 0.717) is 6.54 Å². The van der Waals surface area contributed by atoms with Crippen molar-refractivity contribution < 1.29 is 9.53 Å². The summed E-state index contributed by atoms with van der Waals surface area (Å²) in [6.07, 6.45) is 0. The molecule has 0 amide bonds. The summed E-state index contributed by atoms with van der Waals surface area (Å²) in [5.74, 6) is -0.353. The van der Waals surface area contributed by atoms with Crippen molar-refractivity contribution in [3.63, 3.8) is 0 Å². The van der Waals surface area contributed by atoms with Crippen LogP contribution >= 0.6 is 15.9 Å². The molecule has 1 aromatic rings. The number of carbonyl (C=O) groups is 1. The Morgan fingerprint density at radius 2 is 2.25 bits per heavy atom. The van der Waals surface area contributed by atoms with Crippen LogP contribution in [0.4, 0.5) is 5.69 Å². The maximum absolute atomic E-state index is 11.2. The molecule has 0 saturated carbocycles. The lowest BCUT2D eigenvalue weighted by Crippen LogP contribution is -2.21. The molecule has 16 heavy (non-hydrogen) atoms. The molecule has 3 nitrogen and oxygen atoms in total. The van der Waals surface area contributed by atoms with E-state index in [0.717, 1.165) is 15.7 Å². The van der Waals surface area contributed by atoms with Crippen molar-refractivity contribution in [2.45, 2.75) is 13.8 Å². The maximum Gasteiger partial charge on any atom is 0.310 e. The Balaban J connectivity index is 2.61. The van der Waals surface area contributed by atoms with Crippen LogP contribution in [0.3, 0.4) is 0 Å². The van der Waals surface area contributed by atoms with E-state index < -0.39 is 0 Å². The quantitative estimate of drug-likeness (QED) is 0.865. The van der Waals surface area contributed by atoms with Crippen molar-refractivity contribution in [3.05, 3.63) is 28.2 Å². The summed E-state index contributed by atoms with van der Waals surface area (Å²) in [5, 5.41) is 3.22. The smallest absolute Gasteiger partial charge is 0.310 e. The number of carbonyl (C=O) groups excluding carboxylic acids is 1. The number of benzene rings is 1. The standard InChI is InChI=1S/C12H16BrNO2/c1-8-5-4-6-10(11(8)13)14-7-9(2)12(15)16-3/h4-6,9,14H,7H2,1-3H3. The van der Waals surface area contributed by atoms with E-state index >= 15 is 0 Å². The highest BCUT2D eigenvalue weighted by atomic mass is 79.9. The first kappa shape index (κ1) is 13.0. The van der Waals surface area contributed by atoms with Crippen LogP contribution in [0.2, 0.25) is 0 Å². The molecule has 0 aromatic heterocycles. The molecule has 1 aromatic carbocycles. The van der Waals surface area contributed by atoms with Crippen molar-refractivity contribution in [1.29, 1.82) is 0 Å². The van der Waals surface area contributed by atoms with Crippen molar-refractivity contribution >= 4 is 27.6 Å². The fraction of sp³-hybridized carbons (Fsp3) is 0.417. The summed E-state index contributed by atoms with van der Waals surface area (Å²) < 4.78 is 5.70. The molecule has 0 spiro atoms. The number of esters is 1. The van der Waals surface area contributed by atoms with E-state index in [1.807, 2.05) is 32.0 Å². The van der Waals surface area contributed by atoms with Crippen molar-refractivity contribution in [3.8, 4) is 0 Å². The number of halogens is 1. The van der Waals surface area contributed by atoms with E-state index in [9.17, 15) is 4.79 Å². The van der Waals surface area contributed by atoms with Gasteiger partial charge in [0.15, 0.2) is 0 Å². The molecule has 0 heterocycles. The molecule has 0 aliphatic carbocycles. The second-order valence-electron chi connectivity index (χ2n) is 3.74. The Labute approximate surface area is 104 Å². The lowest BCUT2D eigenvalue weighted by atomic mass is 10.1. The molecule has 0 fully saturated rings. The second kappa shape index (κ2) is 5.89. The lowest BCUT2D eigenvalue weighted by molar-refractivity contribution is -0.144. The Bertz CT molecular complexity index is 379. The normalized spacial score (nSPS) is 12.0. The van der Waals surface area contributed by atoms with Gasteiger partial charge in [-0.1, -0.05) is 19.1 Å². The summed E-state index contributed by atoms with van der Waals surface area (Å²) in [6, 6.07) is 5.98. The van der Waals surface area contributed by atoms with E-state index in [2.05, 4.69) is 26.0 Å². The molecule has 1 atom stereocenters. The van der Waals surface area contributed by atoms with E-state index in [4.69, 9.17) is 0 Å². The monoisotopic (exact) mass is 285 g/mol. The minimum absolute atomic E-state index is 0.155. The van der Waals surface area contributed by atoms with Crippen molar-refractivity contribution in [1.82, 2.24) is 0 Å². The molecular weight excluding hydrogens is 270 g/mol. The van der Waals surface area contributed by atoms with E-state index in [1.165, 1.54) is 7.11 Å². The lowest BCUT2D eigenvalue weighted by Gasteiger charge is -2.13. The van der Waals surface area contributed by atoms with Crippen LogP contribution in [0.5, 0.6) is 0 Å². The van der Waals surface area contributed by atoms with Crippen molar-refractivity contribution in [2.24, 2.45) is 5.92 Å². The predicted octanol–water partition coefficient (Wildman–Crippen LogP) is 2.98. The Kier molecular flexibility index (Phi) is 4.80. The van der Waals surface area contributed by atoms with Gasteiger partial charge >= 0.3 is 5.97 Å². The average Bonchev–Trinajstić information content (AvgIpc) is 2.29. The minimum Gasteiger partial charge on any atom is -0.469 e. The average molecular weight is 286 g/mol. The van der Waals surface area contributed by atoms with Gasteiger partial charge in [0.2, 0.25) is 0 Å². The molecule has 0 bridgehead atoms. The highest BCUT2D eigenvalue weighted by molar-refractivity contribution is 9.10. The molecule has 0 radical (unpaired) electrons. The molecule has 1 unspecified atom stereocenters. The Hall–Kier alpha value is -1.03. The molecule has 1 rings (SSSR count). The number of ether oxygens (including phenoxy) is 1. The van der Waals surface area contributed by atoms with Gasteiger partial charge in [0.25, 0.3) is 0 Å². The fourth-order valence-corrected chi connectivity index (χ4v) is 1.74. The van der Waals surface area contributed by atoms with Gasteiger partial charge in [0.05, 0.1) is 13.0 Å². The highest BCUT2D eigenvalue weighted by Gasteiger charge is 2.13. The van der Waals surface area contributed by atoms with Gasteiger partial charge in [0.1, 0.15) is 0 Å². The molecule has 1 N–H and O–H groups in total. The van der Waals surface area contributed by atoms with Crippen LogP contribution in [0.1, 0.15) is 12.5 Å². The summed E-state index contributed by atoms with van der Waals surface area (Å²) in [5.41, 5.74) is 2.16. The number of nitrogens with one attached hydrogen (secondary N) is 1. The largest absolute Gasteiger partial charge is 0.469 e. The topological polar surface area (TPSA) is 38.3 Å². The van der Waals surface area contributed by atoms with Gasteiger partial charge in [-0.25, -0.2) is 0 Å². The number of hydrogen-bond donors (Lipinski definition) is 1. The van der Waals surface area contributed by atoms with Crippen LogP contribution in [-0.4, -0.2) is 19.6 Å². The van der Waals surface area contributed by atoms with E-state index in [1.54, 1.807) is 0 Å². The van der Waals surface area contributed by atoms with Crippen LogP contribution in [0, 0.1) is 12.8 Å². The molecule has 88 valence electrons. The van der Waals surface area contributed by atoms with Crippen LogP contribution in [0.25, 0.3) is 0 Å². The highest BCUT2D eigenvalue weighted by Crippen LogP contribution is 2.25. The fourth-order valence-electron chi connectivity index (χ4n) is 1.33. The zero-order valence-electron chi connectivity index (χ0n) is 9.71. The van der Waals surface area contributed by atoms with Gasteiger partial charge in [-0.05, 0) is 34.5 Å². The van der Waals surface area contributed by atoms with Gasteiger partial charge < -0.3 is 10.1 Å². The van der Waals surface area contributed by atoms with Crippen LogP contribution in [0.15, 0.2) is 22.7 Å².